The number of aromatic carboxylic acids is 1. The van der Waals surface area contributed by atoms with E-state index in [0.717, 1.165) is 0 Å². The number of halogens is 2. The van der Waals surface area contributed by atoms with Crippen LogP contribution in [-0.4, -0.2) is 31.0 Å². The molecule has 0 bridgehead atoms. The maximum atomic E-state index is 11.4. The molecule has 0 atom stereocenters. The second-order valence-corrected chi connectivity index (χ2v) is 4.99. The van der Waals surface area contributed by atoms with Gasteiger partial charge in [0, 0.05) is 17.3 Å². The van der Waals surface area contributed by atoms with E-state index in [2.05, 4.69) is 19.9 Å². The zero-order chi connectivity index (χ0) is 15.7. The largest absolute Gasteiger partial charge is 0.478 e. The van der Waals surface area contributed by atoms with Crippen molar-refractivity contribution in [3.05, 3.63) is 52.7 Å². The Bertz CT molecular complexity index is 843. The van der Waals surface area contributed by atoms with E-state index in [1.807, 2.05) is 0 Å². The van der Waals surface area contributed by atoms with Crippen LogP contribution in [0.1, 0.15) is 10.4 Å². The molecule has 8 heteroatoms. The van der Waals surface area contributed by atoms with E-state index in [-0.39, 0.29) is 22.0 Å². The number of hydrogen-bond acceptors (Lipinski definition) is 4. The Hall–Kier alpha value is -2.44. The van der Waals surface area contributed by atoms with Gasteiger partial charge >= 0.3 is 5.97 Å². The van der Waals surface area contributed by atoms with Gasteiger partial charge in [-0.15, -0.1) is 0 Å². The van der Waals surface area contributed by atoms with Crippen LogP contribution >= 0.6 is 23.2 Å². The molecule has 0 aliphatic rings. The molecule has 2 aromatic heterocycles. The van der Waals surface area contributed by atoms with Gasteiger partial charge in [0.2, 0.25) is 10.6 Å². The molecule has 2 N–H and O–H groups in total. The van der Waals surface area contributed by atoms with Crippen LogP contribution in [-0.2, 0) is 0 Å². The van der Waals surface area contributed by atoms with Gasteiger partial charge in [-0.05, 0) is 35.3 Å². The molecule has 3 aromatic rings. The fourth-order valence-corrected chi connectivity index (χ4v) is 2.48. The Morgan fingerprint density at radius 1 is 1.00 bits per heavy atom. The first kappa shape index (κ1) is 14.5. The van der Waals surface area contributed by atoms with E-state index >= 15 is 0 Å². The summed E-state index contributed by atoms with van der Waals surface area (Å²) >= 11 is 11.6. The van der Waals surface area contributed by atoms with Gasteiger partial charge in [-0.2, -0.15) is 15.0 Å². The van der Waals surface area contributed by atoms with Gasteiger partial charge in [0.15, 0.2) is 5.82 Å². The summed E-state index contributed by atoms with van der Waals surface area (Å²) in [6.45, 7) is 0. The molecule has 0 fully saturated rings. The quantitative estimate of drug-likeness (QED) is 0.764. The molecule has 0 amide bonds. The topological polar surface area (TPSA) is 91.8 Å². The number of carbonyl (C=O) groups is 1. The van der Waals surface area contributed by atoms with Crippen LogP contribution in [0.3, 0.4) is 0 Å². The van der Waals surface area contributed by atoms with E-state index in [0.29, 0.717) is 16.8 Å². The van der Waals surface area contributed by atoms with Crippen molar-refractivity contribution < 1.29 is 9.90 Å². The van der Waals surface area contributed by atoms with Crippen LogP contribution in [0.2, 0.25) is 10.6 Å². The van der Waals surface area contributed by atoms with Gasteiger partial charge in [0.05, 0.1) is 11.3 Å². The second-order valence-electron chi connectivity index (χ2n) is 4.31. The number of nitrogens with zero attached hydrogens (tertiary/aromatic N) is 3. The third kappa shape index (κ3) is 2.66. The average molecular weight is 335 g/mol. The lowest BCUT2D eigenvalue weighted by molar-refractivity contribution is 0.0697. The molecule has 110 valence electrons. The van der Waals surface area contributed by atoms with Crippen molar-refractivity contribution in [2.24, 2.45) is 0 Å². The minimum absolute atomic E-state index is 0.0336. The summed E-state index contributed by atoms with van der Waals surface area (Å²) in [5.41, 5.74) is 1.83. The molecule has 22 heavy (non-hydrogen) atoms. The van der Waals surface area contributed by atoms with Crippen LogP contribution in [0.15, 0.2) is 36.5 Å². The van der Waals surface area contributed by atoms with E-state index in [9.17, 15) is 9.90 Å². The Morgan fingerprint density at radius 2 is 1.68 bits per heavy atom. The highest BCUT2D eigenvalue weighted by atomic mass is 35.5. The minimum atomic E-state index is -1.03. The molecule has 0 saturated heterocycles. The molecule has 6 nitrogen and oxygen atoms in total. The number of carboxylic acid groups (broad SMARTS) is 1. The first-order chi connectivity index (χ1) is 10.6. The lowest BCUT2D eigenvalue weighted by Gasteiger charge is -2.07. The van der Waals surface area contributed by atoms with E-state index < -0.39 is 5.97 Å². The monoisotopic (exact) mass is 334 g/mol. The lowest BCUT2D eigenvalue weighted by Crippen LogP contribution is -2.00. The summed E-state index contributed by atoms with van der Waals surface area (Å²) in [4.78, 5) is 26.1. The Labute approximate surface area is 134 Å². The van der Waals surface area contributed by atoms with Gasteiger partial charge in [0.25, 0.3) is 0 Å². The molecule has 2 heterocycles. The van der Waals surface area contributed by atoms with Crippen molar-refractivity contribution in [3.8, 4) is 22.6 Å². The van der Waals surface area contributed by atoms with Crippen LogP contribution in [0.25, 0.3) is 22.6 Å². The predicted molar refractivity (Wildman–Crippen MR) is 82.0 cm³/mol. The highest BCUT2D eigenvalue weighted by Crippen LogP contribution is 2.31. The molecule has 0 aliphatic carbocycles. The fraction of sp³-hybridized carbons (Fsp3) is 0. The predicted octanol–water partition coefficient (Wildman–Crippen LogP) is 3.54. The number of aromatic amines is 1. The molecule has 0 unspecified atom stereocenters. The third-order valence-corrected chi connectivity index (χ3v) is 3.33. The van der Waals surface area contributed by atoms with E-state index in [1.54, 1.807) is 30.5 Å². The van der Waals surface area contributed by atoms with Crippen LogP contribution < -0.4 is 0 Å². The first-order valence-electron chi connectivity index (χ1n) is 6.14. The molecule has 3 rings (SSSR count). The Morgan fingerprint density at radius 3 is 2.36 bits per heavy atom. The molecule has 0 saturated carbocycles. The SMILES string of the molecule is O=C(O)c1ccccc1-c1[nH]ccc1-c1nc(Cl)nc(Cl)n1. The second kappa shape index (κ2) is 5.75. The zero-order valence-electron chi connectivity index (χ0n) is 10.9. The van der Waals surface area contributed by atoms with Crippen LogP contribution in [0.4, 0.5) is 0 Å². The summed E-state index contributed by atoms with van der Waals surface area (Å²) in [5.74, 6) is -0.760. The van der Waals surface area contributed by atoms with Crippen molar-refractivity contribution in [1.29, 1.82) is 0 Å². The lowest BCUT2D eigenvalue weighted by atomic mass is 10.0. The van der Waals surface area contributed by atoms with Gasteiger partial charge in [-0.1, -0.05) is 18.2 Å². The summed E-state index contributed by atoms with van der Waals surface area (Å²) in [5, 5.41) is 9.25. The van der Waals surface area contributed by atoms with E-state index in [4.69, 9.17) is 23.2 Å². The molecular formula is C14H8Cl2N4O2. The summed E-state index contributed by atoms with van der Waals surface area (Å²) in [7, 11) is 0. The van der Waals surface area contributed by atoms with Crippen molar-refractivity contribution in [2.75, 3.05) is 0 Å². The number of H-pyrrole nitrogens is 1. The van der Waals surface area contributed by atoms with Crippen molar-refractivity contribution in [3.63, 3.8) is 0 Å². The summed E-state index contributed by atoms with van der Waals surface area (Å²) < 4.78 is 0. The highest BCUT2D eigenvalue weighted by molar-refractivity contribution is 6.31. The van der Waals surface area contributed by atoms with Crippen LogP contribution in [0.5, 0.6) is 0 Å². The maximum absolute atomic E-state index is 11.4. The number of aromatic nitrogens is 4. The van der Waals surface area contributed by atoms with Gasteiger partial charge in [-0.3, -0.25) is 0 Å². The smallest absolute Gasteiger partial charge is 0.336 e. The molecule has 0 aliphatic heterocycles. The van der Waals surface area contributed by atoms with E-state index in [1.165, 1.54) is 6.07 Å². The standard InChI is InChI=1S/C14H8Cl2N4O2/c15-13-18-11(19-14(16)20-13)9-5-6-17-10(9)7-3-1-2-4-8(7)12(21)22/h1-6,17H,(H,21,22). The number of carboxylic acids is 1. The first-order valence-corrected chi connectivity index (χ1v) is 6.89. The van der Waals surface area contributed by atoms with Gasteiger partial charge < -0.3 is 10.1 Å². The fourth-order valence-electron chi connectivity index (χ4n) is 2.11. The third-order valence-electron chi connectivity index (χ3n) is 3.00. The zero-order valence-corrected chi connectivity index (χ0v) is 12.4. The number of nitrogens with one attached hydrogen (secondary N) is 1. The molecule has 0 spiro atoms. The van der Waals surface area contributed by atoms with Crippen molar-refractivity contribution in [1.82, 2.24) is 19.9 Å². The summed E-state index contributed by atoms with van der Waals surface area (Å²) in [6.07, 6.45) is 1.66. The van der Waals surface area contributed by atoms with Gasteiger partial charge in [0.1, 0.15) is 0 Å². The molecular weight excluding hydrogens is 327 g/mol. The molecule has 0 radical (unpaired) electrons. The average Bonchev–Trinajstić information content (AvgIpc) is 2.95. The number of hydrogen-bond donors (Lipinski definition) is 2. The van der Waals surface area contributed by atoms with Crippen molar-refractivity contribution in [2.45, 2.75) is 0 Å². The van der Waals surface area contributed by atoms with Gasteiger partial charge in [-0.25, -0.2) is 4.79 Å². The Kier molecular flexibility index (Phi) is 3.79. The maximum Gasteiger partial charge on any atom is 0.336 e. The highest BCUT2D eigenvalue weighted by Gasteiger charge is 2.18. The van der Waals surface area contributed by atoms with Crippen molar-refractivity contribution >= 4 is 29.2 Å². The van der Waals surface area contributed by atoms with Crippen LogP contribution in [0, 0.1) is 0 Å². The normalized spacial score (nSPS) is 10.6. The Balaban J connectivity index is 2.20. The summed E-state index contributed by atoms with van der Waals surface area (Å²) in [6, 6.07) is 8.35. The molecule has 1 aromatic carbocycles. The number of benzene rings is 1. The number of rotatable bonds is 3. The minimum Gasteiger partial charge on any atom is -0.478 e.